The molecule has 4 aliphatic rings. The molecule has 9 nitrogen and oxygen atoms in total. The molecule has 4 fully saturated rings. The van der Waals surface area contributed by atoms with Gasteiger partial charge in [-0.05, 0) is 71.9 Å². The van der Waals surface area contributed by atoms with Gasteiger partial charge in [0.05, 0.1) is 18.6 Å². The predicted molar refractivity (Wildman–Crippen MR) is 140 cm³/mol. The van der Waals surface area contributed by atoms with Gasteiger partial charge in [-0.15, -0.1) is 0 Å². The van der Waals surface area contributed by atoms with E-state index in [1.165, 1.54) is 18.4 Å². The third-order valence-electron chi connectivity index (χ3n) is 8.64. The van der Waals surface area contributed by atoms with Crippen LogP contribution in [0.1, 0.15) is 66.7 Å². The Morgan fingerprint density at radius 1 is 1.22 bits per heavy atom. The van der Waals surface area contributed by atoms with Gasteiger partial charge in [0, 0.05) is 20.2 Å². The Bertz CT molecular complexity index is 849. The van der Waals surface area contributed by atoms with Crippen molar-refractivity contribution in [2.75, 3.05) is 39.9 Å². The van der Waals surface area contributed by atoms with Gasteiger partial charge in [-0.2, -0.15) is 0 Å². The summed E-state index contributed by atoms with van der Waals surface area (Å²) in [6, 6.07) is -0.665. The maximum absolute atomic E-state index is 13.0. The molecule has 3 saturated heterocycles. The predicted octanol–water partition coefficient (Wildman–Crippen LogP) is 3.03. The Kier molecular flexibility index (Phi) is 8.88. The SMILES string of the molecule is CO[C@H]1C([C@]2(C)O[C@@H]2CC=C(C)C)[C@]2(CC[C@H]1OC(=O)N[C@@H](C(=O)NCCN1CCCC1)C(C)C)CO2. The zero-order valence-corrected chi connectivity index (χ0v) is 23.5. The molecule has 4 rings (SSSR count). The molecule has 1 spiro atoms. The van der Waals surface area contributed by atoms with Crippen molar-refractivity contribution in [3.05, 3.63) is 11.6 Å². The first-order valence-corrected chi connectivity index (χ1v) is 14.0. The number of nitrogens with one attached hydrogen (secondary N) is 2. The first kappa shape index (κ1) is 28.3. The van der Waals surface area contributed by atoms with Crippen LogP contribution in [0.15, 0.2) is 11.6 Å². The van der Waals surface area contributed by atoms with Gasteiger partial charge in [0.25, 0.3) is 0 Å². The lowest BCUT2D eigenvalue weighted by atomic mass is 9.68. The molecule has 0 bridgehead atoms. The standard InChI is InChI=1S/C28H47N3O6/c1-18(2)9-10-21-27(5,37-21)24-23(34-6)20(11-12-28(24)17-35-28)36-26(33)30-22(19(3)4)25(32)29-13-16-31-14-7-8-15-31/h9,19-24H,7-8,10-17H2,1-6H3,(H,29,32)(H,30,33)/t20-,21-,22-,23-,24?,27-,28+/m1/s1. The lowest BCUT2D eigenvalue weighted by molar-refractivity contribution is -0.125. The molecule has 0 aromatic rings. The van der Waals surface area contributed by atoms with E-state index in [2.05, 4.69) is 42.4 Å². The van der Waals surface area contributed by atoms with Crippen molar-refractivity contribution in [3.63, 3.8) is 0 Å². The fourth-order valence-electron chi connectivity index (χ4n) is 6.36. The number of carbonyl (C=O) groups is 2. The zero-order chi connectivity index (χ0) is 26.8. The molecule has 0 aromatic carbocycles. The first-order valence-electron chi connectivity index (χ1n) is 14.0. The van der Waals surface area contributed by atoms with Gasteiger partial charge < -0.3 is 34.5 Å². The molecule has 9 heteroatoms. The molecule has 1 unspecified atom stereocenters. The number of rotatable bonds is 11. The summed E-state index contributed by atoms with van der Waals surface area (Å²) in [5.41, 5.74) is 0.596. The van der Waals surface area contributed by atoms with E-state index in [0.717, 1.165) is 32.5 Å². The molecule has 1 saturated carbocycles. The van der Waals surface area contributed by atoms with Gasteiger partial charge in [-0.1, -0.05) is 25.5 Å². The molecule has 0 radical (unpaired) electrons. The number of amides is 2. The Balaban J connectivity index is 1.35. The Morgan fingerprint density at radius 2 is 1.92 bits per heavy atom. The zero-order valence-electron chi connectivity index (χ0n) is 23.5. The van der Waals surface area contributed by atoms with E-state index in [-0.39, 0.29) is 35.6 Å². The van der Waals surface area contributed by atoms with Crippen LogP contribution < -0.4 is 10.6 Å². The molecule has 210 valence electrons. The van der Waals surface area contributed by atoms with Gasteiger partial charge in [-0.25, -0.2) is 4.79 Å². The average Bonchev–Trinajstić information content (AvgIpc) is 3.69. The lowest BCUT2D eigenvalue weighted by Gasteiger charge is -2.42. The minimum atomic E-state index is -0.665. The highest BCUT2D eigenvalue weighted by Gasteiger charge is 2.72. The van der Waals surface area contributed by atoms with E-state index in [4.69, 9.17) is 18.9 Å². The molecular weight excluding hydrogens is 474 g/mol. The molecule has 3 aliphatic heterocycles. The number of hydrogen-bond donors (Lipinski definition) is 2. The van der Waals surface area contributed by atoms with Crippen molar-refractivity contribution in [1.82, 2.24) is 15.5 Å². The molecular formula is C28H47N3O6. The van der Waals surface area contributed by atoms with Crippen LogP contribution in [0.25, 0.3) is 0 Å². The molecule has 0 aromatic heterocycles. The third-order valence-corrected chi connectivity index (χ3v) is 8.64. The summed E-state index contributed by atoms with van der Waals surface area (Å²) in [4.78, 5) is 28.2. The second kappa shape index (κ2) is 11.6. The first-order chi connectivity index (χ1) is 17.6. The van der Waals surface area contributed by atoms with Crippen molar-refractivity contribution in [3.8, 4) is 0 Å². The lowest BCUT2D eigenvalue weighted by Crippen LogP contribution is -2.57. The fraction of sp³-hybridized carbons (Fsp3) is 0.857. The second-order valence-corrected chi connectivity index (χ2v) is 12.0. The quantitative estimate of drug-likeness (QED) is 0.318. The number of ether oxygens (including phenoxy) is 4. The summed E-state index contributed by atoms with van der Waals surface area (Å²) >= 11 is 0. The number of epoxide rings is 2. The third kappa shape index (κ3) is 6.49. The molecule has 2 N–H and O–H groups in total. The normalized spacial score (nSPS) is 35.8. The number of nitrogens with zero attached hydrogens (tertiary/aromatic N) is 1. The van der Waals surface area contributed by atoms with Crippen LogP contribution in [-0.2, 0) is 23.7 Å². The van der Waals surface area contributed by atoms with Crippen LogP contribution in [0, 0.1) is 11.8 Å². The minimum Gasteiger partial charge on any atom is -0.443 e. The summed E-state index contributed by atoms with van der Waals surface area (Å²) in [7, 11) is 1.66. The van der Waals surface area contributed by atoms with E-state index < -0.39 is 23.8 Å². The van der Waals surface area contributed by atoms with Crippen molar-refractivity contribution < 1.29 is 28.5 Å². The fourth-order valence-corrected chi connectivity index (χ4v) is 6.36. The summed E-state index contributed by atoms with van der Waals surface area (Å²) in [5.74, 6) is -0.293. The maximum Gasteiger partial charge on any atom is 0.408 e. The number of methoxy groups -OCH3 is 1. The second-order valence-electron chi connectivity index (χ2n) is 12.0. The van der Waals surface area contributed by atoms with Crippen molar-refractivity contribution in [1.29, 1.82) is 0 Å². The summed E-state index contributed by atoms with van der Waals surface area (Å²) in [6.07, 6.45) is 5.62. The van der Waals surface area contributed by atoms with Crippen molar-refractivity contribution in [2.24, 2.45) is 11.8 Å². The number of likely N-dealkylation sites (tertiary alicyclic amines) is 1. The topological polar surface area (TPSA) is 105 Å². The highest BCUT2D eigenvalue weighted by Crippen LogP contribution is 2.59. The van der Waals surface area contributed by atoms with Gasteiger partial charge in [0.15, 0.2) is 0 Å². The van der Waals surface area contributed by atoms with E-state index in [0.29, 0.717) is 19.6 Å². The van der Waals surface area contributed by atoms with Crippen LogP contribution in [0.2, 0.25) is 0 Å². The van der Waals surface area contributed by atoms with Gasteiger partial charge >= 0.3 is 6.09 Å². The Labute approximate surface area is 222 Å². The number of carbonyl (C=O) groups excluding carboxylic acids is 2. The smallest absolute Gasteiger partial charge is 0.408 e. The van der Waals surface area contributed by atoms with Crippen molar-refractivity contribution >= 4 is 12.0 Å². The van der Waals surface area contributed by atoms with E-state index in [1.807, 2.05) is 13.8 Å². The van der Waals surface area contributed by atoms with Crippen LogP contribution in [0.4, 0.5) is 4.79 Å². The molecule has 7 atom stereocenters. The molecule has 3 heterocycles. The average molecular weight is 522 g/mol. The van der Waals surface area contributed by atoms with Crippen LogP contribution in [0.3, 0.4) is 0 Å². The van der Waals surface area contributed by atoms with Crippen molar-refractivity contribution in [2.45, 2.75) is 102 Å². The molecule has 2 amide bonds. The molecule has 37 heavy (non-hydrogen) atoms. The summed E-state index contributed by atoms with van der Waals surface area (Å²) in [6.45, 7) is 14.4. The number of alkyl carbamates (subject to hydrolysis) is 1. The van der Waals surface area contributed by atoms with Gasteiger partial charge in [-0.3, -0.25) is 4.79 Å². The summed E-state index contributed by atoms with van der Waals surface area (Å²) in [5, 5.41) is 5.81. The number of allylic oxidation sites excluding steroid dienone is 1. The van der Waals surface area contributed by atoms with E-state index in [9.17, 15) is 9.59 Å². The summed E-state index contributed by atoms with van der Waals surface area (Å²) < 4.78 is 24.1. The van der Waals surface area contributed by atoms with Gasteiger partial charge in [0.1, 0.15) is 29.5 Å². The largest absolute Gasteiger partial charge is 0.443 e. The molecule has 1 aliphatic carbocycles. The van der Waals surface area contributed by atoms with Crippen LogP contribution in [-0.4, -0.2) is 92.4 Å². The minimum absolute atomic E-state index is 0.0399. The monoisotopic (exact) mass is 521 g/mol. The number of hydrogen-bond acceptors (Lipinski definition) is 7. The highest BCUT2D eigenvalue weighted by atomic mass is 16.6. The Morgan fingerprint density at radius 3 is 2.51 bits per heavy atom. The maximum atomic E-state index is 13.0. The van der Waals surface area contributed by atoms with Gasteiger partial charge in [0.2, 0.25) is 5.91 Å². The van der Waals surface area contributed by atoms with Crippen LogP contribution >= 0.6 is 0 Å². The van der Waals surface area contributed by atoms with E-state index >= 15 is 0 Å². The van der Waals surface area contributed by atoms with Crippen LogP contribution in [0.5, 0.6) is 0 Å². The highest BCUT2D eigenvalue weighted by molar-refractivity contribution is 5.85. The Hall–Kier alpha value is -1.68. The van der Waals surface area contributed by atoms with E-state index in [1.54, 1.807) is 7.11 Å².